The maximum Gasteiger partial charge on any atom is 0.252 e. The van der Waals surface area contributed by atoms with E-state index < -0.39 is 5.82 Å². The predicted molar refractivity (Wildman–Crippen MR) is 77.3 cm³/mol. The van der Waals surface area contributed by atoms with Crippen LogP contribution in [-0.2, 0) is 4.74 Å². The van der Waals surface area contributed by atoms with Crippen LogP contribution in [0.3, 0.4) is 0 Å². The summed E-state index contributed by atoms with van der Waals surface area (Å²) < 4.78 is 18.7. The van der Waals surface area contributed by atoms with E-state index >= 15 is 0 Å². The number of aromatic nitrogens is 1. The van der Waals surface area contributed by atoms with Gasteiger partial charge in [-0.25, -0.2) is 4.39 Å². The topological polar surface area (TPSA) is 77.2 Å². The van der Waals surface area contributed by atoms with Crippen molar-refractivity contribution in [3.05, 3.63) is 29.8 Å². The Balaban J connectivity index is 1.58. The molecule has 0 atom stereocenters. The van der Waals surface area contributed by atoms with Crippen LogP contribution in [0.5, 0.6) is 0 Å². The van der Waals surface area contributed by atoms with E-state index in [1.165, 1.54) is 12.3 Å². The van der Waals surface area contributed by atoms with E-state index in [9.17, 15) is 9.18 Å². The minimum absolute atomic E-state index is 0.234. The van der Waals surface area contributed by atoms with Gasteiger partial charge in [-0.1, -0.05) is 0 Å². The highest BCUT2D eigenvalue weighted by Gasteiger charge is 2.18. The van der Waals surface area contributed by atoms with Crippen molar-refractivity contribution in [2.45, 2.75) is 44.2 Å². The molecule has 0 spiro atoms. The lowest BCUT2D eigenvalue weighted by molar-refractivity contribution is 0.0241. The second kappa shape index (κ2) is 8.05. The summed E-state index contributed by atoms with van der Waals surface area (Å²) in [6.45, 7) is 1.11. The zero-order valence-corrected chi connectivity index (χ0v) is 12.1. The summed E-state index contributed by atoms with van der Waals surface area (Å²) in [4.78, 5) is 15.4. The van der Waals surface area contributed by atoms with Gasteiger partial charge in [-0.05, 0) is 38.2 Å². The maximum absolute atomic E-state index is 12.9. The van der Waals surface area contributed by atoms with Gasteiger partial charge in [0.05, 0.1) is 17.9 Å². The molecule has 116 valence electrons. The first kappa shape index (κ1) is 15.9. The number of carbonyl (C=O) groups excluding carboxylic acids is 1. The molecule has 1 aliphatic rings. The summed E-state index contributed by atoms with van der Waals surface area (Å²) in [7, 11) is 0. The Morgan fingerprint density at radius 2 is 2.14 bits per heavy atom. The van der Waals surface area contributed by atoms with Crippen molar-refractivity contribution in [3.8, 4) is 0 Å². The molecule has 3 N–H and O–H groups in total. The average Bonchev–Trinajstić information content (AvgIpc) is 2.48. The second-order valence-electron chi connectivity index (χ2n) is 5.41. The molecule has 0 saturated heterocycles. The van der Waals surface area contributed by atoms with E-state index in [2.05, 4.69) is 10.3 Å². The third-order valence-electron chi connectivity index (χ3n) is 3.65. The van der Waals surface area contributed by atoms with Gasteiger partial charge in [0, 0.05) is 25.4 Å². The first-order valence-electron chi connectivity index (χ1n) is 7.41. The van der Waals surface area contributed by atoms with Crippen molar-refractivity contribution in [3.63, 3.8) is 0 Å². The van der Waals surface area contributed by atoms with Crippen LogP contribution >= 0.6 is 0 Å². The number of hydrogen-bond donors (Lipinski definition) is 2. The molecule has 0 aromatic carbocycles. The fourth-order valence-electron chi connectivity index (χ4n) is 2.42. The van der Waals surface area contributed by atoms with E-state index in [1.807, 2.05) is 0 Å². The molecule has 0 aliphatic heterocycles. The number of hydrogen-bond acceptors (Lipinski definition) is 4. The Kier molecular flexibility index (Phi) is 6.07. The van der Waals surface area contributed by atoms with Crippen LogP contribution in [0, 0.1) is 5.82 Å². The normalized spacial score (nSPS) is 22.0. The number of nitrogens with two attached hydrogens (primary N) is 1. The van der Waals surface area contributed by atoms with Crippen LogP contribution in [0.1, 0.15) is 42.5 Å². The van der Waals surface area contributed by atoms with Crippen molar-refractivity contribution in [1.29, 1.82) is 0 Å². The third-order valence-corrected chi connectivity index (χ3v) is 3.65. The summed E-state index contributed by atoms with van der Waals surface area (Å²) in [6.07, 6.45) is 7.53. The van der Waals surface area contributed by atoms with Gasteiger partial charge < -0.3 is 15.8 Å². The van der Waals surface area contributed by atoms with Crippen molar-refractivity contribution < 1.29 is 13.9 Å². The molecule has 21 heavy (non-hydrogen) atoms. The van der Waals surface area contributed by atoms with Crippen LogP contribution in [0.25, 0.3) is 0 Å². The van der Waals surface area contributed by atoms with Gasteiger partial charge in [0.15, 0.2) is 0 Å². The molecule has 5 nitrogen and oxygen atoms in total. The zero-order chi connectivity index (χ0) is 15.1. The smallest absolute Gasteiger partial charge is 0.252 e. The van der Waals surface area contributed by atoms with E-state index in [0.717, 1.165) is 38.3 Å². The van der Waals surface area contributed by atoms with Gasteiger partial charge in [-0.3, -0.25) is 9.78 Å². The first-order chi connectivity index (χ1) is 10.1. The van der Waals surface area contributed by atoms with Crippen molar-refractivity contribution in [2.75, 3.05) is 13.2 Å². The van der Waals surface area contributed by atoms with Gasteiger partial charge in [0.1, 0.15) is 5.82 Å². The fourth-order valence-corrected chi connectivity index (χ4v) is 2.42. The number of rotatable bonds is 6. The summed E-state index contributed by atoms with van der Waals surface area (Å²) in [5.74, 6) is -0.827. The standard InChI is InChI=1S/C15H22FN3O2/c16-12-8-11(9-18-10-12)15(20)19-6-1-7-21-14-4-2-13(17)3-5-14/h8-10,13-14H,1-7,17H2,(H,19,20). The average molecular weight is 295 g/mol. The lowest BCUT2D eigenvalue weighted by Crippen LogP contribution is -2.31. The Hall–Kier alpha value is -1.53. The van der Waals surface area contributed by atoms with Crippen LogP contribution in [0.15, 0.2) is 18.5 Å². The lowest BCUT2D eigenvalue weighted by Gasteiger charge is -2.26. The number of amides is 1. The van der Waals surface area contributed by atoms with Crippen molar-refractivity contribution in [1.82, 2.24) is 10.3 Å². The largest absolute Gasteiger partial charge is 0.378 e. The van der Waals surface area contributed by atoms with Gasteiger partial charge in [-0.15, -0.1) is 0 Å². The number of ether oxygens (including phenoxy) is 1. The zero-order valence-electron chi connectivity index (χ0n) is 12.1. The van der Waals surface area contributed by atoms with E-state index in [-0.39, 0.29) is 11.5 Å². The number of carbonyl (C=O) groups is 1. The van der Waals surface area contributed by atoms with Crippen molar-refractivity contribution in [2.24, 2.45) is 5.73 Å². The number of halogens is 1. The first-order valence-corrected chi connectivity index (χ1v) is 7.41. The highest BCUT2D eigenvalue weighted by Crippen LogP contribution is 2.19. The van der Waals surface area contributed by atoms with Gasteiger partial charge in [0.25, 0.3) is 5.91 Å². The van der Waals surface area contributed by atoms with Crippen LogP contribution in [0.2, 0.25) is 0 Å². The van der Waals surface area contributed by atoms with Gasteiger partial charge in [0.2, 0.25) is 0 Å². The van der Waals surface area contributed by atoms with Crippen LogP contribution in [0.4, 0.5) is 4.39 Å². The van der Waals surface area contributed by atoms with Crippen LogP contribution in [-0.4, -0.2) is 36.2 Å². The molecular weight excluding hydrogens is 273 g/mol. The summed E-state index contributed by atoms with van der Waals surface area (Å²) in [5.41, 5.74) is 6.07. The minimum Gasteiger partial charge on any atom is -0.378 e. The molecule has 1 heterocycles. The summed E-state index contributed by atoms with van der Waals surface area (Å²) in [5, 5.41) is 2.73. The lowest BCUT2D eigenvalue weighted by atomic mass is 9.94. The molecule has 1 aromatic heterocycles. The Labute approximate surface area is 124 Å². The maximum atomic E-state index is 12.9. The number of nitrogens with one attached hydrogen (secondary N) is 1. The molecule has 0 bridgehead atoms. The Morgan fingerprint density at radius 1 is 1.38 bits per heavy atom. The third kappa shape index (κ3) is 5.40. The monoisotopic (exact) mass is 295 g/mol. The molecule has 1 amide bonds. The molecule has 1 saturated carbocycles. The summed E-state index contributed by atoms with van der Waals surface area (Å²) in [6, 6.07) is 1.49. The highest BCUT2D eigenvalue weighted by molar-refractivity contribution is 5.93. The second-order valence-corrected chi connectivity index (χ2v) is 5.41. The SMILES string of the molecule is NC1CCC(OCCCNC(=O)c2cncc(F)c2)CC1. The molecule has 2 rings (SSSR count). The quantitative estimate of drug-likeness (QED) is 0.782. The van der Waals surface area contributed by atoms with Gasteiger partial charge >= 0.3 is 0 Å². The highest BCUT2D eigenvalue weighted by atomic mass is 19.1. The summed E-state index contributed by atoms with van der Waals surface area (Å²) >= 11 is 0. The molecule has 1 fully saturated rings. The van der Waals surface area contributed by atoms with Crippen LogP contribution < -0.4 is 11.1 Å². The Morgan fingerprint density at radius 3 is 2.86 bits per heavy atom. The molecule has 0 radical (unpaired) electrons. The molecule has 1 aliphatic carbocycles. The molecule has 0 unspecified atom stereocenters. The predicted octanol–water partition coefficient (Wildman–Crippen LogP) is 1.63. The fraction of sp³-hybridized carbons (Fsp3) is 0.600. The van der Waals surface area contributed by atoms with E-state index in [4.69, 9.17) is 10.5 Å². The molecular formula is C15H22FN3O2. The number of pyridine rings is 1. The molecule has 1 aromatic rings. The Bertz CT molecular complexity index is 462. The van der Waals surface area contributed by atoms with E-state index in [1.54, 1.807) is 0 Å². The minimum atomic E-state index is -0.513. The molecule has 6 heteroatoms. The van der Waals surface area contributed by atoms with Gasteiger partial charge in [-0.2, -0.15) is 0 Å². The van der Waals surface area contributed by atoms with Crippen molar-refractivity contribution >= 4 is 5.91 Å². The number of nitrogens with zero attached hydrogens (tertiary/aromatic N) is 1. The van der Waals surface area contributed by atoms with E-state index in [0.29, 0.717) is 25.3 Å².